The van der Waals surface area contributed by atoms with Gasteiger partial charge in [-0.05, 0) is 35.6 Å². The minimum Gasteiger partial charge on any atom is -0.481 e. The van der Waals surface area contributed by atoms with E-state index >= 15 is 0 Å². The van der Waals surface area contributed by atoms with E-state index in [-0.39, 0.29) is 17.9 Å². The van der Waals surface area contributed by atoms with Gasteiger partial charge >= 0.3 is 12.0 Å². The third-order valence-corrected chi connectivity index (χ3v) is 4.73. The lowest BCUT2D eigenvalue weighted by Crippen LogP contribution is -2.46. The number of hydrogen-bond donors (Lipinski definition) is 2. The fourth-order valence-electron chi connectivity index (χ4n) is 3.31. The molecule has 0 bridgehead atoms. The maximum absolute atomic E-state index is 12.5. The van der Waals surface area contributed by atoms with Gasteiger partial charge in [0.2, 0.25) is 0 Å². The van der Waals surface area contributed by atoms with Crippen molar-refractivity contribution in [2.75, 3.05) is 18.4 Å². The average Bonchev–Trinajstić information content (AvgIpc) is 2.62. The van der Waals surface area contributed by atoms with Gasteiger partial charge in [0.05, 0.1) is 5.92 Å². The Kier molecular flexibility index (Phi) is 5.03. The number of piperidine rings is 1. The summed E-state index contributed by atoms with van der Waals surface area (Å²) < 4.78 is 0. The number of benzene rings is 2. The number of likely N-dealkylation sites (tertiary alicyclic amines) is 1. The number of rotatable bonds is 3. The Morgan fingerprint density at radius 2 is 1.80 bits per heavy atom. The molecule has 3 rings (SSSR count). The van der Waals surface area contributed by atoms with Crippen LogP contribution in [0.4, 0.5) is 10.5 Å². The van der Waals surface area contributed by atoms with E-state index in [1.807, 2.05) is 61.5 Å². The minimum absolute atomic E-state index is 0.0485. The zero-order valence-electron chi connectivity index (χ0n) is 14.2. The Morgan fingerprint density at radius 1 is 1.08 bits per heavy atom. The molecule has 1 aliphatic rings. The van der Waals surface area contributed by atoms with Crippen LogP contribution < -0.4 is 5.32 Å². The number of hydrogen-bond acceptors (Lipinski definition) is 2. The highest BCUT2D eigenvalue weighted by atomic mass is 16.4. The van der Waals surface area contributed by atoms with Crippen LogP contribution in [-0.4, -0.2) is 35.1 Å². The lowest BCUT2D eigenvalue weighted by molar-refractivity contribution is -0.145. The highest BCUT2D eigenvalue weighted by Gasteiger charge is 2.32. The second kappa shape index (κ2) is 7.38. The molecular formula is C20H22N2O3. The van der Waals surface area contributed by atoms with E-state index in [1.54, 1.807) is 4.90 Å². The van der Waals surface area contributed by atoms with Gasteiger partial charge in [-0.3, -0.25) is 4.79 Å². The summed E-state index contributed by atoms with van der Waals surface area (Å²) in [5.41, 5.74) is 2.87. The molecule has 1 aliphatic heterocycles. The van der Waals surface area contributed by atoms with Gasteiger partial charge in [-0.1, -0.05) is 49.4 Å². The predicted octanol–water partition coefficient (Wildman–Crippen LogP) is 3.93. The van der Waals surface area contributed by atoms with Crippen LogP contribution in [-0.2, 0) is 4.79 Å². The zero-order valence-corrected chi connectivity index (χ0v) is 14.2. The zero-order chi connectivity index (χ0) is 17.8. The molecule has 2 aromatic carbocycles. The van der Waals surface area contributed by atoms with E-state index in [9.17, 15) is 14.7 Å². The first-order valence-electron chi connectivity index (χ1n) is 8.49. The molecule has 0 spiro atoms. The van der Waals surface area contributed by atoms with Crippen molar-refractivity contribution in [3.8, 4) is 11.1 Å². The first-order valence-corrected chi connectivity index (χ1v) is 8.49. The lowest BCUT2D eigenvalue weighted by atomic mass is 9.87. The number of nitrogens with zero attached hydrogens (tertiary/aromatic N) is 1. The van der Waals surface area contributed by atoms with Gasteiger partial charge in [0, 0.05) is 18.8 Å². The van der Waals surface area contributed by atoms with Crippen molar-refractivity contribution in [2.24, 2.45) is 11.8 Å². The molecule has 0 aromatic heterocycles. The largest absolute Gasteiger partial charge is 0.481 e. The molecule has 5 heteroatoms. The molecule has 2 aromatic rings. The standard InChI is InChI=1S/C20H22N2O3/c1-14-13-22(11-10-18(14)19(23)24)20(25)21-17-9-5-8-16(12-17)15-6-3-2-4-7-15/h2-9,12,14,18H,10-11,13H2,1H3,(H,21,25)(H,23,24). The molecule has 130 valence electrons. The average molecular weight is 338 g/mol. The Balaban J connectivity index is 1.67. The Labute approximate surface area is 147 Å². The van der Waals surface area contributed by atoms with Crippen LogP contribution in [0, 0.1) is 11.8 Å². The molecule has 2 amide bonds. The van der Waals surface area contributed by atoms with Gasteiger partial charge in [-0.15, -0.1) is 0 Å². The monoisotopic (exact) mass is 338 g/mol. The summed E-state index contributed by atoms with van der Waals surface area (Å²) in [5, 5.41) is 12.1. The molecule has 2 atom stereocenters. The van der Waals surface area contributed by atoms with Gasteiger partial charge in [-0.2, -0.15) is 0 Å². The smallest absolute Gasteiger partial charge is 0.321 e. The Morgan fingerprint density at radius 3 is 2.48 bits per heavy atom. The quantitative estimate of drug-likeness (QED) is 0.891. The fraction of sp³-hybridized carbons (Fsp3) is 0.300. The van der Waals surface area contributed by atoms with E-state index in [0.717, 1.165) is 16.8 Å². The van der Waals surface area contributed by atoms with E-state index in [4.69, 9.17) is 0 Å². The summed E-state index contributed by atoms with van der Waals surface area (Å²) >= 11 is 0. The number of aliphatic carboxylic acids is 1. The number of urea groups is 1. The number of carbonyl (C=O) groups excluding carboxylic acids is 1. The maximum atomic E-state index is 12.5. The van der Waals surface area contributed by atoms with Crippen molar-refractivity contribution in [1.29, 1.82) is 0 Å². The predicted molar refractivity (Wildman–Crippen MR) is 97.4 cm³/mol. The molecule has 0 aliphatic carbocycles. The normalized spacial score (nSPS) is 20.1. The van der Waals surface area contributed by atoms with Crippen LogP contribution >= 0.6 is 0 Å². The summed E-state index contributed by atoms with van der Waals surface area (Å²) in [4.78, 5) is 25.4. The SMILES string of the molecule is CC1CN(C(=O)Nc2cccc(-c3ccccc3)c2)CCC1C(=O)O. The van der Waals surface area contributed by atoms with Gasteiger partial charge in [-0.25, -0.2) is 4.79 Å². The van der Waals surface area contributed by atoms with Crippen molar-refractivity contribution in [3.05, 3.63) is 54.6 Å². The summed E-state index contributed by atoms with van der Waals surface area (Å²) in [7, 11) is 0. The second-order valence-corrected chi connectivity index (χ2v) is 6.53. The second-order valence-electron chi connectivity index (χ2n) is 6.53. The highest BCUT2D eigenvalue weighted by Crippen LogP contribution is 2.25. The summed E-state index contributed by atoms with van der Waals surface area (Å²) in [6.07, 6.45) is 0.494. The molecule has 25 heavy (non-hydrogen) atoms. The van der Waals surface area contributed by atoms with E-state index in [0.29, 0.717) is 19.5 Å². The molecule has 0 saturated carbocycles. The van der Waals surface area contributed by atoms with Crippen LogP contribution in [0.3, 0.4) is 0 Å². The minimum atomic E-state index is -0.775. The number of carbonyl (C=O) groups is 2. The van der Waals surface area contributed by atoms with Crippen molar-refractivity contribution in [3.63, 3.8) is 0 Å². The van der Waals surface area contributed by atoms with E-state index < -0.39 is 5.97 Å². The van der Waals surface area contributed by atoms with Crippen molar-refractivity contribution in [1.82, 2.24) is 4.90 Å². The highest BCUT2D eigenvalue weighted by molar-refractivity contribution is 5.90. The fourth-order valence-corrected chi connectivity index (χ4v) is 3.31. The lowest BCUT2D eigenvalue weighted by Gasteiger charge is -2.34. The topological polar surface area (TPSA) is 69.6 Å². The number of amides is 2. The first kappa shape index (κ1) is 17.0. The summed E-state index contributed by atoms with van der Waals surface area (Å²) in [6, 6.07) is 17.5. The number of nitrogens with one attached hydrogen (secondary N) is 1. The van der Waals surface area contributed by atoms with Crippen molar-refractivity contribution < 1.29 is 14.7 Å². The van der Waals surface area contributed by atoms with Crippen molar-refractivity contribution in [2.45, 2.75) is 13.3 Å². The van der Waals surface area contributed by atoms with Crippen molar-refractivity contribution >= 4 is 17.7 Å². The van der Waals surface area contributed by atoms with E-state index in [2.05, 4.69) is 5.32 Å². The van der Waals surface area contributed by atoms with Gasteiger partial charge in [0.1, 0.15) is 0 Å². The number of anilines is 1. The third-order valence-electron chi connectivity index (χ3n) is 4.73. The van der Waals surface area contributed by atoms with Crippen LogP contribution in [0.5, 0.6) is 0 Å². The molecule has 0 radical (unpaired) electrons. The number of carboxylic acid groups (broad SMARTS) is 1. The van der Waals surface area contributed by atoms with Gasteiger partial charge in [0.15, 0.2) is 0 Å². The molecule has 2 unspecified atom stereocenters. The molecule has 1 heterocycles. The Bertz CT molecular complexity index is 761. The number of carboxylic acids is 1. The molecular weight excluding hydrogens is 316 g/mol. The van der Waals surface area contributed by atoms with Crippen LogP contribution in [0.1, 0.15) is 13.3 Å². The third kappa shape index (κ3) is 3.99. The maximum Gasteiger partial charge on any atom is 0.321 e. The first-order chi connectivity index (χ1) is 12.0. The van der Waals surface area contributed by atoms with Crippen LogP contribution in [0.15, 0.2) is 54.6 Å². The molecule has 1 fully saturated rings. The molecule has 2 N–H and O–H groups in total. The molecule has 5 nitrogen and oxygen atoms in total. The van der Waals surface area contributed by atoms with Crippen LogP contribution in [0.25, 0.3) is 11.1 Å². The van der Waals surface area contributed by atoms with E-state index in [1.165, 1.54) is 0 Å². The van der Waals surface area contributed by atoms with Gasteiger partial charge in [0.25, 0.3) is 0 Å². The Hall–Kier alpha value is -2.82. The summed E-state index contributed by atoms with van der Waals surface area (Å²) in [6.45, 7) is 2.81. The van der Waals surface area contributed by atoms with Gasteiger partial charge < -0.3 is 15.3 Å². The summed E-state index contributed by atoms with van der Waals surface area (Å²) in [5.74, 6) is -1.19. The molecule has 1 saturated heterocycles. The van der Waals surface area contributed by atoms with Crippen LogP contribution in [0.2, 0.25) is 0 Å².